The molecule has 1 unspecified atom stereocenters. The van der Waals surface area contributed by atoms with Gasteiger partial charge in [-0.3, -0.25) is 0 Å². The van der Waals surface area contributed by atoms with Gasteiger partial charge in [-0.15, -0.1) is 5.06 Å². The lowest BCUT2D eigenvalue weighted by molar-refractivity contribution is -0.154. The van der Waals surface area contributed by atoms with Crippen molar-refractivity contribution in [1.29, 1.82) is 0 Å². The van der Waals surface area contributed by atoms with Crippen LogP contribution >= 0.6 is 0 Å². The van der Waals surface area contributed by atoms with Crippen molar-refractivity contribution < 1.29 is 22.7 Å². The van der Waals surface area contributed by atoms with E-state index in [1.165, 1.54) is 12.3 Å². The summed E-state index contributed by atoms with van der Waals surface area (Å²) in [6.07, 6.45) is -2.87. The summed E-state index contributed by atoms with van der Waals surface area (Å²) in [6.45, 7) is 1.24. The summed E-state index contributed by atoms with van der Waals surface area (Å²) in [6, 6.07) is 10.8. The van der Waals surface area contributed by atoms with Gasteiger partial charge in [0.05, 0.1) is 12.6 Å². The van der Waals surface area contributed by atoms with Gasteiger partial charge in [-0.1, -0.05) is 24.3 Å². The van der Waals surface area contributed by atoms with Crippen LogP contribution in [0.2, 0.25) is 0 Å². The van der Waals surface area contributed by atoms with E-state index in [0.29, 0.717) is 6.54 Å². The molecule has 0 spiro atoms. The van der Waals surface area contributed by atoms with E-state index in [1.54, 1.807) is 11.1 Å². The summed E-state index contributed by atoms with van der Waals surface area (Å²) >= 11 is 0. The van der Waals surface area contributed by atoms with Gasteiger partial charge in [0.15, 0.2) is 12.4 Å². The number of rotatable bonds is 4. The van der Waals surface area contributed by atoms with Gasteiger partial charge in [-0.2, -0.15) is 13.2 Å². The molecule has 0 radical (unpaired) electrons. The zero-order valence-electron chi connectivity index (χ0n) is 12.4. The Balaban J connectivity index is 1.64. The SMILES string of the molecule is CC(c1ccc(OCC(F)(F)F)nc1)N1Cc2ccccc2O1. The highest BCUT2D eigenvalue weighted by molar-refractivity contribution is 5.35. The predicted octanol–water partition coefficient (Wildman–Crippen LogP) is 3.89. The van der Waals surface area contributed by atoms with E-state index in [-0.39, 0.29) is 11.9 Å². The molecule has 7 heteroatoms. The zero-order chi connectivity index (χ0) is 16.4. The minimum absolute atomic E-state index is 0.0519. The Kier molecular flexibility index (Phi) is 4.12. The second-order valence-electron chi connectivity index (χ2n) is 5.28. The summed E-state index contributed by atoms with van der Waals surface area (Å²) < 4.78 is 40.9. The Morgan fingerprint density at radius 2 is 2.04 bits per heavy atom. The van der Waals surface area contributed by atoms with E-state index in [1.807, 2.05) is 31.2 Å². The molecule has 0 aliphatic carbocycles. The standard InChI is InChI=1S/C16H15F3N2O2/c1-11(21-9-13-4-2-3-5-14(13)23-21)12-6-7-15(20-8-12)22-10-16(17,18)19/h2-8,11H,9-10H2,1H3. The molecule has 3 rings (SSSR count). The van der Waals surface area contributed by atoms with Crippen molar-refractivity contribution in [3.63, 3.8) is 0 Å². The first kappa shape index (κ1) is 15.6. The first-order chi connectivity index (χ1) is 10.9. The summed E-state index contributed by atoms with van der Waals surface area (Å²) in [5, 5.41) is 1.80. The maximum absolute atomic E-state index is 12.1. The first-order valence-electron chi connectivity index (χ1n) is 7.10. The van der Waals surface area contributed by atoms with Gasteiger partial charge in [0, 0.05) is 17.8 Å². The minimum atomic E-state index is -4.37. The van der Waals surface area contributed by atoms with Crippen molar-refractivity contribution >= 4 is 0 Å². The maximum atomic E-state index is 12.1. The van der Waals surface area contributed by atoms with Crippen LogP contribution in [0.1, 0.15) is 24.1 Å². The number of pyridine rings is 1. The number of hydrogen-bond donors (Lipinski definition) is 0. The minimum Gasteiger partial charge on any atom is -0.468 e. The van der Waals surface area contributed by atoms with Gasteiger partial charge in [-0.25, -0.2) is 4.98 Å². The topological polar surface area (TPSA) is 34.6 Å². The highest BCUT2D eigenvalue weighted by Gasteiger charge is 2.29. The molecule has 0 N–H and O–H groups in total. The fraction of sp³-hybridized carbons (Fsp3) is 0.312. The molecule has 2 aromatic rings. The van der Waals surface area contributed by atoms with Crippen molar-refractivity contribution in [2.45, 2.75) is 25.7 Å². The molecule has 0 bridgehead atoms. The van der Waals surface area contributed by atoms with Crippen LogP contribution in [0.3, 0.4) is 0 Å². The summed E-state index contributed by atoms with van der Waals surface area (Å²) in [4.78, 5) is 9.69. The van der Waals surface area contributed by atoms with Crippen LogP contribution in [-0.4, -0.2) is 22.8 Å². The molecule has 2 heterocycles. The molecule has 1 aliphatic heterocycles. The smallest absolute Gasteiger partial charge is 0.422 e. The molecule has 1 aromatic carbocycles. The van der Waals surface area contributed by atoms with Gasteiger partial charge in [0.2, 0.25) is 5.88 Å². The van der Waals surface area contributed by atoms with E-state index in [9.17, 15) is 13.2 Å². The van der Waals surface area contributed by atoms with E-state index >= 15 is 0 Å². The lowest BCUT2D eigenvalue weighted by atomic mass is 10.1. The highest BCUT2D eigenvalue weighted by Crippen LogP contribution is 2.33. The number of fused-ring (bicyclic) bond motifs is 1. The van der Waals surface area contributed by atoms with Crippen LogP contribution in [0.25, 0.3) is 0 Å². The lowest BCUT2D eigenvalue weighted by Crippen LogP contribution is -2.25. The van der Waals surface area contributed by atoms with Crippen molar-refractivity contribution in [2.24, 2.45) is 0 Å². The van der Waals surface area contributed by atoms with Crippen molar-refractivity contribution in [3.8, 4) is 11.6 Å². The van der Waals surface area contributed by atoms with Crippen molar-refractivity contribution in [3.05, 3.63) is 53.7 Å². The Morgan fingerprint density at radius 1 is 1.26 bits per heavy atom. The molecule has 1 atom stereocenters. The molecule has 0 saturated heterocycles. The maximum Gasteiger partial charge on any atom is 0.422 e. The number of aromatic nitrogens is 1. The predicted molar refractivity (Wildman–Crippen MR) is 76.8 cm³/mol. The van der Waals surface area contributed by atoms with Crippen LogP contribution in [0.5, 0.6) is 11.6 Å². The molecule has 1 aliphatic rings. The molecule has 122 valence electrons. The monoisotopic (exact) mass is 324 g/mol. The highest BCUT2D eigenvalue weighted by atomic mass is 19.4. The number of ether oxygens (including phenoxy) is 1. The number of hydrogen-bond acceptors (Lipinski definition) is 4. The lowest BCUT2D eigenvalue weighted by Gasteiger charge is -2.22. The van der Waals surface area contributed by atoms with Crippen LogP contribution in [0.4, 0.5) is 13.2 Å². The fourth-order valence-corrected chi connectivity index (χ4v) is 2.31. The van der Waals surface area contributed by atoms with Crippen LogP contribution in [-0.2, 0) is 6.54 Å². The summed E-state index contributed by atoms with van der Waals surface area (Å²) in [7, 11) is 0. The molecule has 4 nitrogen and oxygen atoms in total. The van der Waals surface area contributed by atoms with Gasteiger partial charge >= 0.3 is 6.18 Å². The van der Waals surface area contributed by atoms with E-state index in [2.05, 4.69) is 9.72 Å². The summed E-state index contributed by atoms with van der Waals surface area (Å²) in [5.41, 5.74) is 1.93. The molecular weight excluding hydrogens is 309 g/mol. The fourth-order valence-electron chi connectivity index (χ4n) is 2.31. The molecule has 1 aromatic heterocycles. The average Bonchev–Trinajstić information content (AvgIpc) is 2.96. The number of halogens is 3. The number of nitrogens with zero attached hydrogens (tertiary/aromatic N) is 2. The zero-order valence-corrected chi connectivity index (χ0v) is 12.4. The Labute approximate surface area is 131 Å². The van der Waals surface area contributed by atoms with E-state index < -0.39 is 12.8 Å². The van der Waals surface area contributed by atoms with Crippen molar-refractivity contribution in [1.82, 2.24) is 10.0 Å². The average molecular weight is 324 g/mol. The third-order valence-electron chi connectivity index (χ3n) is 3.57. The Bertz CT molecular complexity index is 649. The second kappa shape index (κ2) is 6.08. The number of para-hydroxylation sites is 1. The molecule has 0 fully saturated rings. The quantitative estimate of drug-likeness (QED) is 0.854. The largest absolute Gasteiger partial charge is 0.468 e. The normalized spacial score (nSPS) is 15.8. The van der Waals surface area contributed by atoms with Gasteiger partial charge in [-0.05, 0) is 18.6 Å². The molecule has 0 amide bonds. The molecule has 23 heavy (non-hydrogen) atoms. The third-order valence-corrected chi connectivity index (χ3v) is 3.57. The molecular formula is C16H15F3N2O2. The van der Waals surface area contributed by atoms with Gasteiger partial charge in [0.1, 0.15) is 0 Å². The Hall–Kier alpha value is -2.28. The van der Waals surface area contributed by atoms with Gasteiger partial charge in [0.25, 0.3) is 0 Å². The van der Waals surface area contributed by atoms with Crippen LogP contribution in [0.15, 0.2) is 42.6 Å². The third kappa shape index (κ3) is 3.73. The second-order valence-corrected chi connectivity index (χ2v) is 5.28. The number of hydroxylamine groups is 2. The molecule has 0 saturated carbocycles. The van der Waals surface area contributed by atoms with Crippen molar-refractivity contribution in [2.75, 3.05) is 6.61 Å². The van der Waals surface area contributed by atoms with Crippen LogP contribution in [0, 0.1) is 0 Å². The Morgan fingerprint density at radius 3 is 2.70 bits per heavy atom. The summed E-state index contributed by atoms with van der Waals surface area (Å²) in [5.74, 6) is 0.765. The van der Waals surface area contributed by atoms with E-state index in [0.717, 1.165) is 16.9 Å². The number of benzene rings is 1. The first-order valence-corrected chi connectivity index (χ1v) is 7.10. The van der Waals surface area contributed by atoms with E-state index in [4.69, 9.17) is 4.84 Å². The number of alkyl halides is 3. The van der Waals surface area contributed by atoms with Crippen LogP contribution < -0.4 is 9.57 Å². The van der Waals surface area contributed by atoms with Gasteiger partial charge < -0.3 is 9.57 Å².